The molecule has 6 nitrogen and oxygen atoms in total. The molecule has 0 saturated carbocycles. The van der Waals surface area contributed by atoms with E-state index in [2.05, 4.69) is 10.3 Å². The van der Waals surface area contributed by atoms with Crippen molar-refractivity contribution in [3.8, 4) is 5.75 Å². The Morgan fingerprint density at radius 2 is 1.92 bits per heavy atom. The number of benzene rings is 1. The summed E-state index contributed by atoms with van der Waals surface area (Å²) >= 11 is 6.06. The van der Waals surface area contributed by atoms with Gasteiger partial charge in [0.1, 0.15) is 11.4 Å². The zero-order valence-corrected chi connectivity index (χ0v) is 15.1. The van der Waals surface area contributed by atoms with E-state index >= 15 is 0 Å². The number of ether oxygens (including phenoxy) is 1. The quantitative estimate of drug-likeness (QED) is 0.855. The molecule has 25 heavy (non-hydrogen) atoms. The van der Waals surface area contributed by atoms with Gasteiger partial charge in [-0.1, -0.05) is 11.6 Å². The van der Waals surface area contributed by atoms with Gasteiger partial charge >= 0.3 is 0 Å². The summed E-state index contributed by atoms with van der Waals surface area (Å²) in [6.45, 7) is 4.95. The van der Waals surface area contributed by atoms with E-state index in [0.29, 0.717) is 35.1 Å². The molecule has 0 spiro atoms. The average Bonchev–Trinajstić information content (AvgIpc) is 2.63. The van der Waals surface area contributed by atoms with Crippen LogP contribution >= 0.6 is 11.6 Å². The monoisotopic (exact) mass is 361 g/mol. The van der Waals surface area contributed by atoms with Crippen LogP contribution in [0.1, 0.15) is 34.7 Å². The molecule has 1 aromatic carbocycles. The summed E-state index contributed by atoms with van der Waals surface area (Å²) in [4.78, 5) is 30.5. The van der Waals surface area contributed by atoms with E-state index in [4.69, 9.17) is 16.3 Å². The standard InChI is InChI=1S/C18H20ClN3O3/c1-4-22(5-2)18(24)15-10-12(8-9-20-15)17(23)21-13-6-7-16(25-3)14(19)11-13/h6-11H,4-5H2,1-3H3,(H,21,23). The molecule has 1 aromatic heterocycles. The fourth-order valence-electron chi connectivity index (χ4n) is 2.31. The zero-order chi connectivity index (χ0) is 18.4. The highest BCUT2D eigenvalue weighted by Gasteiger charge is 2.16. The van der Waals surface area contributed by atoms with Crippen molar-refractivity contribution < 1.29 is 14.3 Å². The van der Waals surface area contributed by atoms with E-state index in [1.807, 2.05) is 13.8 Å². The van der Waals surface area contributed by atoms with Crippen molar-refractivity contribution in [2.75, 3.05) is 25.5 Å². The number of amides is 2. The minimum atomic E-state index is -0.350. The summed E-state index contributed by atoms with van der Waals surface area (Å²) in [5.74, 6) is -0.0277. The lowest BCUT2D eigenvalue weighted by atomic mass is 10.2. The SMILES string of the molecule is CCN(CC)C(=O)c1cc(C(=O)Nc2ccc(OC)c(Cl)c2)ccn1. The van der Waals surface area contributed by atoms with E-state index in [0.717, 1.165) is 0 Å². The van der Waals surface area contributed by atoms with Crippen molar-refractivity contribution in [2.45, 2.75) is 13.8 Å². The molecule has 0 bridgehead atoms. The van der Waals surface area contributed by atoms with Gasteiger partial charge in [0.2, 0.25) is 0 Å². The number of anilines is 1. The number of carbonyl (C=O) groups is 2. The van der Waals surface area contributed by atoms with Gasteiger partial charge in [0.25, 0.3) is 11.8 Å². The fourth-order valence-corrected chi connectivity index (χ4v) is 2.57. The molecule has 0 aliphatic carbocycles. The minimum Gasteiger partial charge on any atom is -0.495 e. The maximum absolute atomic E-state index is 12.4. The van der Waals surface area contributed by atoms with Crippen LogP contribution in [0, 0.1) is 0 Å². The number of hydrogen-bond donors (Lipinski definition) is 1. The van der Waals surface area contributed by atoms with Crippen LogP contribution in [0.4, 0.5) is 5.69 Å². The molecule has 0 radical (unpaired) electrons. The second-order valence-electron chi connectivity index (χ2n) is 5.21. The van der Waals surface area contributed by atoms with Crippen LogP contribution in [0.15, 0.2) is 36.5 Å². The molecule has 1 N–H and O–H groups in total. The second-order valence-corrected chi connectivity index (χ2v) is 5.62. The maximum Gasteiger partial charge on any atom is 0.272 e. The predicted octanol–water partition coefficient (Wildman–Crippen LogP) is 3.48. The Morgan fingerprint density at radius 1 is 1.20 bits per heavy atom. The van der Waals surface area contributed by atoms with Crippen molar-refractivity contribution in [1.82, 2.24) is 9.88 Å². The van der Waals surface area contributed by atoms with Crippen LogP contribution in [-0.4, -0.2) is 41.9 Å². The van der Waals surface area contributed by atoms with E-state index in [-0.39, 0.29) is 17.5 Å². The van der Waals surface area contributed by atoms with E-state index in [1.54, 1.807) is 29.2 Å². The van der Waals surface area contributed by atoms with Crippen molar-refractivity contribution in [3.05, 3.63) is 52.8 Å². The molecule has 7 heteroatoms. The first-order valence-corrected chi connectivity index (χ1v) is 8.28. The Labute approximate surface area is 151 Å². The van der Waals surface area contributed by atoms with E-state index < -0.39 is 0 Å². The highest BCUT2D eigenvalue weighted by atomic mass is 35.5. The molecular formula is C18H20ClN3O3. The molecular weight excluding hydrogens is 342 g/mol. The van der Waals surface area contributed by atoms with Gasteiger partial charge in [0.05, 0.1) is 12.1 Å². The van der Waals surface area contributed by atoms with E-state index in [9.17, 15) is 9.59 Å². The summed E-state index contributed by atoms with van der Waals surface area (Å²) < 4.78 is 5.08. The molecule has 0 aliphatic heterocycles. The van der Waals surface area contributed by atoms with Crippen molar-refractivity contribution in [3.63, 3.8) is 0 Å². The van der Waals surface area contributed by atoms with Gasteiger partial charge in [-0.05, 0) is 44.2 Å². The van der Waals surface area contributed by atoms with Crippen LogP contribution in [0.5, 0.6) is 5.75 Å². The molecule has 2 amide bonds. The Kier molecular flexibility index (Phi) is 6.36. The van der Waals surface area contributed by atoms with Gasteiger partial charge in [-0.15, -0.1) is 0 Å². The molecule has 0 aliphatic rings. The first-order valence-electron chi connectivity index (χ1n) is 7.90. The lowest BCUT2D eigenvalue weighted by Gasteiger charge is -2.18. The Hall–Kier alpha value is -2.60. The molecule has 0 fully saturated rings. The van der Waals surface area contributed by atoms with Gasteiger partial charge in [-0.2, -0.15) is 0 Å². The number of methoxy groups -OCH3 is 1. The molecule has 2 aromatic rings. The van der Waals surface area contributed by atoms with Crippen LogP contribution in [0.25, 0.3) is 0 Å². The van der Waals surface area contributed by atoms with Crippen molar-refractivity contribution in [1.29, 1.82) is 0 Å². The zero-order valence-electron chi connectivity index (χ0n) is 14.4. The van der Waals surface area contributed by atoms with Crippen molar-refractivity contribution >= 4 is 29.1 Å². The summed E-state index contributed by atoms with van der Waals surface area (Å²) in [6, 6.07) is 7.99. The third kappa shape index (κ3) is 4.48. The number of hydrogen-bond acceptors (Lipinski definition) is 4. The molecule has 0 atom stereocenters. The first kappa shape index (κ1) is 18.7. The summed E-state index contributed by atoms with van der Waals surface area (Å²) in [5.41, 5.74) is 1.12. The van der Waals surface area contributed by atoms with E-state index in [1.165, 1.54) is 19.4 Å². The summed E-state index contributed by atoms with van der Waals surface area (Å²) in [6.07, 6.45) is 1.45. The average molecular weight is 362 g/mol. The van der Waals surface area contributed by atoms with Gasteiger partial charge < -0.3 is 15.0 Å². The predicted molar refractivity (Wildman–Crippen MR) is 97.4 cm³/mol. The number of carbonyl (C=O) groups excluding carboxylic acids is 2. The topological polar surface area (TPSA) is 71.5 Å². The normalized spacial score (nSPS) is 10.2. The van der Waals surface area contributed by atoms with Gasteiger partial charge in [0, 0.05) is 30.5 Å². The Balaban J connectivity index is 2.18. The number of pyridine rings is 1. The molecule has 132 valence electrons. The highest BCUT2D eigenvalue weighted by molar-refractivity contribution is 6.32. The number of nitrogens with one attached hydrogen (secondary N) is 1. The van der Waals surface area contributed by atoms with Gasteiger partial charge in [-0.25, -0.2) is 0 Å². The third-order valence-corrected chi connectivity index (χ3v) is 4.00. The van der Waals surface area contributed by atoms with Gasteiger partial charge in [-0.3, -0.25) is 14.6 Å². The molecule has 0 saturated heterocycles. The lowest BCUT2D eigenvalue weighted by molar-refractivity contribution is 0.0767. The highest BCUT2D eigenvalue weighted by Crippen LogP contribution is 2.27. The second kappa shape index (κ2) is 8.48. The fraction of sp³-hybridized carbons (Fsp3) is 0.278. The van der Waals surface area contributed by atoms with Crippen LogP contribution in [0.3, 0.4) is 0 Å². The number of nitrogens with zero attached hydrogens (tertiary/aromatic N) is 2. The number of aromatic nitrogens is 1. The Bertz CT molecular complexity index is 776. The minimum absolute atomic E-state index is 0.202. The van der Waals surface area contributed by atoms with Crippen molar-refractivity contribution in [2.24, 2.45) is 0 Å². The third-order valence-electron chi connectivity index (χ3n) is 3.70. The number of rotatable bonds is 6. The lowest BCUT2D eigenvalue weighted by Crippen LogP contribution is -2.31. The molecule has 0 unspecified atom stereocenters. The molecule has 2 rings (SSSR count). The van der Waals surface area contributed by atoms with Gasteiger partial charge in [0.15, 0.2) is 0 Å². The van der Waals surface area contributed by atoms with Crippen LogP contribution < -0.4 is 10.1 Å². The molecule has 1 heterocycles. The Morgan fingerprint density at radius 3 is 2.52 bits per heavy atom. The largest absolute Gasteiger partial charge is 0.495 e. The summed E-state index contributed by atoms with van der Waals surface area (Å²) in [5, 5.41) is 3.14. The number of halogens is 1. The maximum atomic E-state index is 12.4. The van der Waals surface area contributed by atoms with Crippen LogP contribution in [0.2, 0.25) is 5.02 Å². The smallest absolute Gasteiger partial charge is 0.272 e. The first-order chi connectivity index (χ1) is 12.0. The summed E-state index contributed by atoms with van der Waals surface area (Å²) in [7, 11) is 1.52. The van der Waals surface area contributed by atoms with Crippen LogP contribution in [-0.2, 0) is 0 Å².